The van der Waals surface area contributed by atoms with E-state index in [9.17, 15) is 0 Å². The molecule has 0 aliphatic rings. The highest BCUT2D eigenvalue weighted by Crippen LogP contribution is 2.29. The summed E-state index contributed by atoms with van der Waals surface area (Å²) in [4.78, 5) is 1.24. The lowest BCUT2D eigenvalue weighted by Crippen LogP contribution is -2.23. The van der Waals surface area contributed by atoms with Crippen LogP contribution in [0.4, 0.5) is 0 Å². The molecule has 0 radical (unpaired) electrons. The van der Waals surface area contributed by atoms with Gasteiger partial charge in [-0.2, -0.15) is 0 Å². The van der Waals surface area contributed by atoms with Gasteiger partial charge in [0.2, 0.25) is 0 Å². The Kier molecular flexibility index (Phi) is 7.13. The molecule has 0 spiro atoms. The fourth-order valence-corrected chi connectivity index (χ4v) is 2.80. The molecule has 0 fully saturated rings. The number of para-hydroxylation sites is 1. The van der Waals surface area contributed by atoms with Crippen LogP contribution in [-0.4, -0.2) is 26.0 Å². The van der Waals surface area contributed by atoms with Crippen LogP contribution in [0.3, 0.4) is 0 Å². The van der Waals surface area contributed by atoms with Crippen molar-refractivity contribution in [3.63, 3.8) is 0 Å². The summed E-state index contributed by atoms with van der Waals surface area (Å²) in [5.74, 6) is 2.14. The van der Waals surface area contributed by atoms with Gasteiger partial charge in [0.1, 0.15) is 5.75 Å². The standard InChI is InChI=1S/C14H23NOS/c1-4-12(15-2)8-7-11-17-14-10-6-5-9-13(14)16-3/h5-6,9-10,12,15H,4,7-8,11H2,1-3H3. The second kappa shape index (κ2) is 8.43. The quantitative estimate of drug-likeness (QED) is 0.565. The summed E-state index contributed by atoms with van der Waals surface area (Å²) in [6.45, 7) is 2.23. The first-order valence-corrected chi connectivity index (χ1v) is 7.23. The Balaban J connectivity index is 2.30. The van der Waals surface area contributed by atoms with E-state index >= 15 is 0 Å². The van der Waals surface area contributed by atoms with Gasteiger partial charge in [0.05, 0.1) is 7.11 Å². The Morgan fingerprint density at radius 1 is 1.35 bits per heavy atom. The van der Waals surface area contributed by atoms with Gasteiger partial charge in [0.25, 0.3) is 0 Å². The maximum atomic E-state index is 5.33. The third kappa shape index (κ3) is 5.00. The van der Waals surface area contributed by atoms with Gasteiger partial charge >= 0.3 is 0 Å². The van der Waals surface area contributed by atoms with Crippen LogP contribution in [0.2, 0.25) is 0 Å². The molecule has 1 N–H and O–H groups in total. The van der Waals surface area contributed by atoms with Crippen molar-refractivity contribution in [3.8, 4) is 5.75 Å². The molecule has 0 aliphatic heterocycles. The number of rotatable bonds is 8. The molecule has 0 amide bonds. The highest BCUT2D eigenvalue weighted by atomic mass is 32.2. The second-order valence-corrected chi connectivity index (χ2v) is 5.17. The molecule has 17 heavy (non-hydrogen) atoms. The molecule has 1 aromatic rings. The van der Waals surface area contributed by atoms with Crippen LogP contribution in [0, 0.1) is 0 Å². The third-order valence-electron chi connectivity index (χ3n) is 2.92. The number of thioether (sulfide) groups is 1. The van der Waals surface area contributed by atoms with Gasteiger partial charge in [0, 0.05) is 10.9 Å². The molecular weight excluding hydrogens is 230 g/mol. The van der Waals surface area contributed by atoms with Crippen LogP contribution in [0.5, 0.6) is 5.75 Å². The molecule has 0 aliphatic carbocycles. The lowest BCUT2D eigenvalue weighted by Gasteiger charge is -2.13. The SMILES string of the molecule is CCC(CCCSc1ccccc1OC)NC. The molecule has 96 valence electrons. The van der Waals surface area contributed by atoms with Crippen molar-refractivity contribution >= 4 is 11.8 Å². The monoisotopic (exact) mass is 253 g/mol. The van der Waals surface area contributed by atoms with E-state index in [-0.39, 0.29) is 0 Å². The van der Waals surface area contributed by atoms with E-state index in [1.807, 2.05) is 30.9 Å². The van der Waals surface area contributed by atoms with E-state index in [1.54, 1.807) is 7.11 Å². The Morgan fingerprint density at radius 2 is 2.12 bits per heavy atom. The zero-order valence-electron chi connectivity index (χ0n) is 11.0. The van der Waals surface area contributed by atoms with Crippen LogP contribution < -0.4 is 10.1 Å². The van der Waals surface area contributed by atoms with Crippen molar-refractivity contribution in [3.05, 3.63) is 24.3 Å². The molecule has 1 atom stereocenters. The van der Waals surface area contributed by atoms with Crippen LogP contribution in [0.1, 0.15) is 26.2 Å². The number of benzene rings is 1. The molecule has 0 bridgehead atoms. The van der Waals surface area contributed by atoms with E-state index in [0.29, 0.717) is 6.04 Å². The van der Waals surface area contributed by atoms with Gasteiger partial charge in [-0.25, -0.2) is 0 Å². The number of nitrogens with one attached hydrogen (secondary N) is 1. The highest BCUT2D eigenvalue weighted by Gasteiger charge is 2.04. The summed E-state index contributed by atoms with van der Waals surface area (Å²) in [7, 11) is 3.77. The Bertz CT molecular complexity index is 313. The zero-order valence-corrected chi connectivity index (χ0v) is 11.8. The van der Waals surface area contributed by atoms with Gasteiger partial charge in [-0.1, -0.05) is 19.1 Å². The smallest absolute Gasteiger partial charge is 0.132 e. The summed E-state index contributed by atoms with van der Waals surface area (Å²) in [6.07, 6.45) is 3.69. The first kappa shape index (κ1) is 14.4. The molecule has 1 rings (SSSR count). The third-order valence-corrected chi connectivity index (χ3v) is 4.07. The largest absolute Gasteiger partial charge is 0.496 e. The average Bonchev–Trinajstić information content (AvgIpc) is 2.39. The summed E-state index contributed by atoms with van der Waals surface area (Å²) in [5.41, 5.74) is 0. The molecule has 0 saturated carbocycles. The van der Waals surface area contributed by atoms with E-state index in [4.69, 9.17) is 4.74 Å². The van der Waals surface area contributed by atoms with Gasteiger partial charge in [-0.05, 0) is 44.2 Å². The van der Waals surface area contributed by atoms with E-state index < -0.39 is 0 Å². The number of methoxy groups -OCH3 is 1. The zero-order chi connectivity index (χ0) is 12.5. The van der Waals surface area contributed by atoms with Crippen molar-refractivity contribution in [1.82, 2.24) is 5.32 Å². The fraction of sp³-hybridized carbons (Fsp3) is 0.571. The van der Waals surface area contributed by atoms with E-state index in [0.717, 1.165) is 11.5 Å². The molecule has 3 heteroatoms. The van der Waals surface area contributed by atoms with Crippen molar-refractivity contribution in [2.24, 2.45) is 0 Å². The maximum absolute atomic E-state index is 5.33. The Hall–Kier alpha value is -0.670. The van der Waals surface area contributed by atoms with Crippen LogP contribution in [-0.2, 0) is 0 Å². The molecule has 1 aromatic carbocycles. The summed E-state index contributed by atoms with van der Waals surface area (Å²) in [5, 5.41) is 3.34. The lowest BCUT2D eigenvalue weighted by molar-refractivity contribution is 0.405. The minimum Gasteiger partial charge on any atom is -0.496 e. The van der Waals surface area contributed by atoms with Crippen molar-refractivity contribution in [1.29, 1.82) is 0 Å². The molecule has 1 unspecified atom stereocenters. The first-order valence-electron chi connectivity index (χ1n) is 6.24. The molecule has 0 aromatic heterocycles. The summed E-state index contributed by atoms with van der Waals surface area (Å²) >= 11 is 1.88. The van der Waals surface area contributed by atoms with Crippen molar-refractivity contribution in [2.75, 3.05) is 19.9 Å². The predicted octanol–water partition coefficient (Wildman–Crippen LogP) is 3.57. The van der Waals surface area contributed by atoms with Gasteiger partial charge in [-0.15, -0.1) is 11.8 Å². The predicted molar refractivity (Wildman–Crippen MR) is 76.1 cm³/mol. The van der Waals surface area contributed by atoms with Crippen LogP contribution >= 0.6 is 11.8 Å². The number of hydrogen-bond acceptors (Lipinski definition) is 3. The van der Waals surface area contributed by atoms with E-state index in [1.165, 1.54) is 24.2 Å². The van der Waals surface area contributed by atoms with Gasteiger partial charge in [0.15, 0.2) is 0 Å². The number of hydrogen-bond donors (Lipinski definition) is 1. The summed E-state index contributed by atoms with van der Waals surface area (Å²) < 4.78 is 5.33. The first-order chi connectivity index (χ1) is 8.31. The molecule has 0 saturated heterocycles. The molecule has 2 nitrogen and oxygen atoms in total. The number of ether oxygens (including phenoxy) is 1. The second-order valence-electron chi connectivity index (χ2n) is 4.04. The highest BCUT2D eigenvalue weighted by molar-refractivity contribution is 7.99. The van der Waals surface area contributed by atoms with Crippen LogP contribution in [0.25, 0.3) is 0 Å². The minimum atomic E-state index is 0.660. The van der Waals surface area contributed by atoms with Crippen molar-refractivity contribution < 1.29 is 4.74 Å². The summed E-state index contributed by atoms with van der Waals surface area (Å²) in [6, 6.07) is 8.88. The van der Waals surface area contributed by atoms with Gasteiger partial charge < -0.3 is 10.1 Å². The van der Waals surface area contributed by atoms with Crippen LogP contribution in [0.15, 0.2) is 29.2 Å². The minimum absolute atomic E-state index is 0.660. The molecular formula is C14H23NOS. The topological polar surface area (TPSA) is 21.3 Å². The Labute approximate surface area is 109 Å². The lowest BCUT2D eigenvalue weighted by atomic mass is 10.1. The normalized spacial score (nSPS) is 12.4. The Morgan fingerprint density at radius 3 is 2.76 bits per heavy atom. The van der Waals surface area contributed by atoms with Gasteiger partial charge in [-0.3, -0.25) is 0 Å². The van der Waals surface area contributed by atoms with Crippen molar-refractivity contribution in [2.45, 2.75) is 37.1 Å². The fourth-order valence-electron chi connectivity index (χ4n) is 1.80. The maximum Gasteiger partial charge on any atom is 0.132 e. The average molecular weight is 253 g/mol. The van der Waals surface area contributed by atoms with E-state index in [2.05, 4.69) is 24.4 Å². The molecule has 0 heterocycles.